The van der Waals surface area contributed by atoms with E-state index in [-0.39, 0.29) is 45.0 Å². The number of carbonyl (C=O) groups is 1. The van der Waals surface area contributed by atoms with Crippen molar-refractivity contribution in [2.24, 2.45) is 5.92 Å². The zero-order valence-electron chi connectivity index (χ0n) is 23.7. The first-order chi connectivity index (χ1) is 22.0. The van der Waals surface area contributed by atoms with Crippen LogP contribution in [-0.4, -0.2) is 59.6 Å². The molecular weight excluding hydrogens is 691 g/mol. The Hall–Kier alpha value is -3.37. The summed E-state index contributed by atoms with van der Waals surface area (Å²) in [5.74, 6) is -1.18. The maximum absolute atomic E-state index is 13.8. The number of rotatable bonds is 12. The summed E-state index contributed by atoms with van der Waals surface area (Å²) in [6.07, 6.45) is 3.48. The molecule has 0 spiro atoms. The average molecular weight is 717 g/mol. The molecule has 1 aliphatic heterocycles. The molecular formula is C29H25Cl2F2N3O8S2. The summed E-state index contributed by atoms with van der Waals surface area (Å²) in [7, 11) is -4.24. The van der Waals surface area contributed by atoms with Crippen LogP contribution < -0.4 is 15.2 Å². The zero-order valence-corrected chi connectivity index (χ0v) is 26.8. The number of aromatic amines is 1. The van der Waals surface area contributed by atoms with Gasteiger partial charge in [-0.05, 0) is 54.2 Å². The van der Waals surface area contributed by atoms with Crippen LogP contribution in [0.15, 0.2) is 62.9 Å². The Morgan fingerprint density at radius 1 is 1.13 bits per heavy atom. The van der Waals surface area contributed by atoms with E-state index in [0.29, 0.717) is 34.9 Å². The Morgan fingerprint density at radius 2 is 1.89 bits per heavy atom. The number of alkyl halides is 2. The molecule has 1 saturated carbocycles. The van der Waals surface area contributed by atoms with Gasteiger partial charge >= 0.3 is 18.3 Å². The minimum Gasteiger partial charge on any atom is -0.489 e. The lowest BCUT2D eigenvalue weighted by Crippen LogP contribution is -2.40. The molecule has 0 bridgehead atoms. The fraction of sp³-hybridized carbons (Fsp3) is 0.345. The van der Waals surface area contributed by atoms with Gasteiger partial charge < -0.3 is 18.6 Å². The van der Waals surface area contributed by atoms with E-state index in [1.807, 2.05) is 0 Å². The minimum atomic E-state index is -4.24. The molecule has 2 aliphatic rings. The van der Waals surface area contributed by atoms with Crippen molar-refractivity contribution in [3.05, 3.63) is 80.5 Å². The summed E-state index contributed by atoms with van der Waals surface area (Å²) in [5.41, 5.74) is 1.10. The lowest BCUT2D eigenvalue weighted by atomic mass is 10.0. The van der Waals surface area contributed by atoms with Crippen LogP contribution in [0.4, 0.5) is 8.78 Å². The number of pyridine rings is 1. The van der Waals surface area contributed by atoms with Crippen molar-refractivity contribution in [3.8, 4) is 11.5 Å². The number of nitrogens with zero attached hydrogens (tertiary/aromatic N) is 2. The van der Waals surface area contributed by atoms with Crippen LogP contribution in [0.1, 0.15) is 30.1 Å². The standard InChI is InChI=1S/C29H25Cl2F2N3O8S2/c30-19-12-34-13-20(31)18(19)11-23(16-3-6-22(43-28(32)33)25(9-16)41-14-15-1-2-15)42-27(37)26-36(7-8-45-26)46(39,40)17-4-5-21-24(10-17)44-29(38)35-21/h3-6,9-10,12-13,15,23,26,28H,1-2,7-8,11,14H2,(H,35,38). The third-order valence-electron chi connectivity index (χ3n) is 7.38. The summed E-state index contributed by atoms with van der Waals surface area (Å²) in [4.78, 5) is 31.6. The number of esters is 1. The van der Waals surface area contributed by atoms with Crippen LogP contribution in [0.5, 0.6) is 11.5 Å². The zero-order chi connectivity index (χ0) is 32.6. The van der Waals surface area contributed by atoms with Crippen molar-refractivity contribution < 1.29 is 40.6 Å². The van der Waals surface area contributed by atoms with Crippen LogP contribution in [0.2, 0.25) is 10.0 Å². The van der Waals surface area contributed by atoms with Gasteiger partial charge in [0.25, 0.3) is 0 Å². The highest BCUT2D eigenvalue weighted by Gasteiger charge is 2.42. The Labute approximate surface area is 275 Å². The molecule has 2 unspecified atom stereocenters. The summed E-state index contributed by atoms with van der Waals surface area (Å²) in [6.45, 7) is -2.80. The molecule has 6 rings (SSSR count). The predicted octanol–water partition coefficient (Wildman–Crippen LogP) is 5.80. The molecule has 1 N–H and O–H groups in total. The van der Waals surface area contributed by atoms with Crippen molar-refractivity contribution in [1.82, 2.24) is 14.3 Å². The molecule has 1 saturated heterocycles. The maximum Gasteiger partial charge on any atom is 0.417 e. The quantitative estimate of drug-likeness (QED) is 0.179. The topological polar surface area (TPSA) is 141 Å². The van der Waals surface area contributed by atoms with Gasteiger partial charge in [0.05, 0.1) is 27.1 Å². The number of carbonyl (C=O) groups excluding carboxylic acids is 1. The Morgan fingerprint density at radius 3 is 2.61 bits per heavy atom. The highest BCUT2D eigenvalue weighted by atomic mass is 35.5. The van der Waals surface area contributed by atoms with Gasteiger partial charge in [0, 0.05) is 37.2 Å². The number of hydrogen-bond acceptors (Lipinski definition) is 10. The summed E-state index contributed by atoms with van der Waals surface area (Å²) in [5, 5.41) is -0.873. The molecule has 244 valence electrons. The van der Waals surface area contributed by atoms with Crippen molar-refractivity contribution >= 4 is 62.1 Å². The van der Waals surface area contributed by atoms with Crippen LogP contribution in [-0.2, 0) is 26.0 Å². The molecule has 0 radical (unpaired) electrons. The lowest BCUT2D eigenvalue weighted by molar-refractivity contribution is -0.150. The summed E-state index contributed by atoms with van der Waals surface area (Å²) in [6, 6.07) is 8.08. The number of aromatic nitrogens is 2. The SMILES string of the molecule is O=C(OC(Cc1c(Cl)cncc1Cl)c1ccc(OC(F)F)c(OCC2CC2)c1)C1SCCN1S(=O)(=O)c1ccc2[nH]c(=O)oc2c1. The van der Waals surface area contributed by atoms with E-state index in [2.05, 4.69) is 14.7 Å². The predicted molar refractivity (Wildman–Crippen MR) is 165 cm³/mol. The van der Waals surface area contributed by atoms with Gasteiger partial charge in [-0.15, -0.1) is 11.8 Å². The third kappa shape index (κ3) is 7.13. The number of nitrogens with one attached hydrogen (secondary N) is 1. The molecule has 3 heterocycles. The monoisotopic (exact) mass is 715 g/mol. The first-order valence-electron chi connectivity index (χ1n) is 14.0. The minimum absolute atomic E-state index is 0.00733. The number of thioether (sulfide) groups is 1. The van der Waals surface area contributed by atoms with Crippen molar-refractivity contribution in [3.63, 3.8) is 0 Å². The number of benzene rings is 2. The normalized spacial score (nSPS) is 17.8. The fourth-order valence-corrected chi connectivity index (χ4v) is 8.46. The first-order valence-corrected chi connectivity index (χ1v) is 17.2. The number of oxazole rings is 1. The third-order valence-corrected chi connectivity index (χ3v) is 11.2. The lowest BCUT2D eigenvalue weighted by Gasteiger charge is -2.26. The largest absolute Gasteiger partial charge is 0.489 e. The number of hydrogen-bond donors (Lipinski definition) is 1. The second-order valence-corrected chi connectivity index (χ2v) is 14.5. The van der Waals surface area contributed by atoms with Gasteiger partial charge in [0.15, 0.2) is 22.5 Å². The van der Waals surface area contributed by atoms with E-state index in [1.165, 1.54) is 48.8 Å². The Bertz CT molecular complexity index is 1920. The molecule has 17 heteroatoms. The Kier molecular flexibility index (Phi) is 9.48. The molecule has 2 aromatic heterocycles. The molecule has 11 nitrogen and oxygen atoms in total. The van der Waals surface area contributed by atoms with Crippen molar-refractivity contribution in [1.29, 1.82) is 0 Å². The van der Waals surface area contributed by atoms with E-state index in [1.54, 1.807) is 0 Å². The average Bonchev–Trinajstić information content (AvgIpc) is 3.54. The van der Waals surface area contributed by atoms with E-state index in [4.69, 9.17) is 37.1 Å². The summed E-state index contributed by atoms with van der Waals surface area (Å²) >= 11 is 13.8. The van der Waals surface area contributed by atoms with Crippen LogP contribution in [0.25, 0.3) is 11.1 Å². The number of sulfonamides is 1. The van der Waals surface area contributed by atoms with E-state index in [9.17, 15) is 26.8 Å². The second-order valence-electron chi connectivity index (χ2n) is 10.6. The van der Waals surface area contributed by atoms with Crippen LogP contribution >= 0.6 is 35.0 Å². The number of ether oxygens (including phenoxy) is 3. The van der Waals surface area contributed by atoms with Crippen LogP contribution in [0, 0.1) is 5.92 Å². The van der Waals surface area contributed by atoms with Crippen LogP contribution in [0.3, 0.4) is 0 Å². The van der Waals surface area contributed by atoms with Crippen molar-refractivity contribution in [2.75, 3.05) is 18.9 Å². The second kappa shape index (κ2) is 13.4. The van der Waals surface area contributed by atoms with Gasteiger partial charge in [0.2, 0.25) is 10.0 Å². The van der Waals surface area contributed by atoms with E-state index in [0.717, 1.165) is 28.9 Å². The highest BCUT2D eigenvalue weighted by Crippen LogP contribution is 2.39. The molecule has 1 aliphatic carbocycles. The van der Waals surface area contributed by atoms with E-state index >= 15 is 0 Å². The van der Waals surface area contributed by atoms with Gasteiger partial charge in [0.1, 0.15) is 6.10 Å². The molecule has 0 amide bonds. The molecule has 46 heavy (non-hydrogen) atoms. The van der Waals surface area contributed by atoms with Gasteiger partial charge in [-0.1, -0.05) is 29.3 Å². The number of fused-ring (bicyclic) bond motifs is 1. The fourth-order valence-electron chi connectivity index (χ4n) is 4.88. The smallest absolute Gasteiger partial charge is 0.417 e. The molecule has 2 fully saturated rings. The first kappa shape index (κ1) is 32.6. The number of halogens is 4. The Balaban J connectivity index is 1.31. The maximum atomic E-state index is 13.8. The molecule has 2 atom stereocenters. The highest BCUT2D eigenvalue weighted by molar-refractivity contribution is 8.02. The van der Waals surface area contributed by atoms with Gasteiger partial charge in [-0.3, -0.25) is 9.97 Å². The van der Waals surface area contributed by atoms with Gasteiger partial charge in [-0.25, -0.2) is 18.0 Å². The summed E-state index contributed by atoms with van der Waals surface area (Å²) < 4.78 is 76.2. The van der Waals surface area contributed by atoms with Gasteiger partial charge in [-0.2, -0.15) is 13.1 Å². The molecule has 4 aromatic rings. The molecule has 2 aromatic carbocycles. The van der Waals surface area contributed by atoms with Crippen molar-refractivity contribution in [2.45, 2.75) is 42.2 Å². The number of H-pyrrole nitrogens is 1. The van der Waals surface area contributed by atoms with E-state index < -0.39 is 39.8 Å².